The van der Waals surface area contributed by atoms with E-state index in [1.807, 2.05) is 19.0 Å². The molecular formula is C22H25ClN2O5. The maximum Gasteiger partial charge on any atom is 0.295 e. The van der Waals surface area contributed by atoms with Crippen molar-refractivity contribution >= 4 is 29.1 Å². The molecule has 160 valence electrons. The van der Waals surface area contributed by atoms with E-state index in [4.69, 9.17) is 20.8 Å². The van der Waals surface area contributed by atoms with E-state index in [9.17, 15) is 14.7 Å². The fourth-order valence-electron chi connectivity index (χ4n) is 3.53. The maximum atomic E-state index is 12.9. The molecular weight excluding hydrogens is 408 g/mol. The van der Waals surface area contributed by atoms with Gasteiger partial charge in [0.15, 0.2) is 0 Å². The Morgan fingerprint density at radius 2 is 2.00 bits per heavy atom. The zero-order valence-electron chi connectivity index (χ0n) is 17.4. The minimum Gasteiger partial charge on any atom is -0.507 e. The summed E-state index contributed by atoms with van der Waals surface area (Å²) < 4.78 is 10.9. The van der Waals surface area contributed by atoms with Crippen LogP contribution in [0.2, 0.25) is 5.02 Å². The van der Waals surface area contributed by atoms with Crippen LogP contribution in [0.4, 0.5) is 0 Å². The normalized spacial score (nSPS) is 18.5. The number of ketones is 1. The number of amides is 1. The van der Waals surface area contributed by atoms with Crippen molar-refractivity contribution in [1.82, 2.24) is 9.80 Å². The first-order valence-electron chi connectivity index (χ1n) is 9.58. The van der Waals surface area contributed by atoms with Gasteiger partial charge in [-0.15, -0.1) is 0 Å². The van der Waals surface area contributed by atoms with Crippen molar-refractivity contribution in [2.75, 3.05) is 34.3 Å². The number of hydrogen-bond acceptors (Lipinski definition) is 6. The van der Waals surface area contributed by atoms with E-state index in [2.05, 4.69) is 0 Å². The lowest BCUT2D eigenvalue weighted by atomic mass is 9.99. The summed E-state index contributed by atoms with van der Waals surface area (Å²) in [5.41, 5.74) is 0.306. The van der Waals surface area contributed by atoms with Crippen LogP contribution >= 0.6 is 11.6 Å². The van der Waals surface area contributed by atoms with Crippen LogP contribution < -0.4 is 4.74 Å². The number of rotatable bonds is 7. The summed E-state index contributed by atoms with van der Waals surface area (Å²) >= 11 is 6.18. The summed E-state index contributed by atoms with van der Waals surface area (Å²) in [4.78, 5) is 29.2. The second kappa shape index (κ2) is 8.93. The zero-order valence-corrected chi connectivity index (χ0v) is 18.2. The Balaban J connectivity index is 2.08. The summed E-state index contributed by atoms with van der Waals surface area (Å²) in [5.74, 6) is -0.186. The van der Waals surface area contributed by atoms with Gasteiger partial charge in [0, 0.05) is 12.1 Å². The van der Waals surface area contributed by atoms with Crippen LogP contribution in [0.3, 0.4) is 0 Å². The number of likely N-dealkylation sites (tertiary alicyclic amines) is 1. The average molecular weight is 433 g/mol. The van der Waals surface area contributed by atoms with E-state index in [0.29, 0.717) is 35.8 Å². The highest BCUT2D eigenvalue weighted by Gasteiger charge is 2.47. The molecule has 1 atom stereocenters. The number of carbonyl (C=O) groups is 2. The molecule has 2 heterocycles. The van der Waals surface area contributed by atoms with Gasteiger partial charge in [-0.25, -0.2) is 0 Å². The minimum absolute atomic E-state index is 0.0135. The molecule has 0 aliphatic carbocycles. The number of aliphatic hydroxyl groups is 1. The number of ether oxygens (including phenoxy) is 1. The fourth-order valence-corrected chi connectivity index (χ4v) is 3.79. The highest BCUT2D eigenvalue weighted by atomic mass is 35.5. The van der Waals surface area contributed by atoms with Gasteiger partial charge in [0.05, 0.1) is 17.7 Å². The lowest BCUT2D eigenvalue weighted by molar-refractivity contribution is -0.140. The number of hydrogen-bond donors (Lipinski definition) is 1. The van der Waals surface area contributed by atoms with E-state index in [-0.39, 0.29) is 16.4 Å². The predicted octanol–water partition coefficient (Wildman–Crippen LogP) is 3.62. The van der Waals surface area contributed by atoms with Crippen molar-refractivity contribution in [3.63, 3.8) is 0 Å². The third-order valence-electron chi connectivity index (χ3n) is 5.00. The van der Waals surface area contributed by atoms with Crippen molar-refractivity contribution in [2.45, 2.75) is 19.4 Å². The van der Waals surface area contributed by atoms with Gasteiger partial charge in [-0.1, -0.05) is 11.6 Å². The summed E-state index contributed by atoms with van der Waals surface area (Å²) in [5, 5.41) is 11.3. The lowest BCUT2D eigenvalue weighted by Crippen LogP contribution is -2.32. The molecule has 0 radical (unpaired) electrons. The number of halogens is 1. The number of furan rings is 1. The number of aryl methyl sites for hydroxylation is 1. The third-order valence-corrected chi connectivity index (χ3v) is 5.30. The zero-order chi connectivity index (χ0) is 22.0. The molecule has 8 heteroatoms. The smallest absolute Gasteiger partial charge is 0.295 e. The lowest BCUT2D eigenvalue weighted by Gasteiger charge is -2.24. The van der Waals surface area contributed by atoms with Gasteiger partial charge in [-0.2, -0.15) is 0 Å². The quantitative estimate of drug-likeness (QED) is 0.408. The Labute approximate surface area is 180 Å². The Kier molecular flexibility index (Phi) is 6.53. The molecule has 7 nitrogen and oxygen atoms in total. The molecule has 2 aromatic rings. The number of nitrogens with zero attached hydrogens (tertiary/aromatic N) is 2. The molecule has 1 aliphatic rings. The predicted molar refractivity (Wildman–Crippen MR) is 114 cm³/mol. The van der Waals surface area contributed by atoms with Gasteiger partial charge in [0.1, 0.15) is 29.1 Å². The number of methoxy groups -OCH3 is 1. The van der Waals surface area contributed by atoms with Crippen LogP contribution in [-0.4, -0.2) is 60.9 Å². The van der Waals surface area contributed by atoms with E-state index in [1.165, 1.54) is 18.1 Å². The van der Waals surface area contributed by atoms with Crippen LogP contribution in [0.1, 0.15) is 29.5 Å². The molecule has 30 heavy (non-hydrogen) atoms. The maximum absolute atomic E-state index is 12.9. The minimum atomic E-state index is -0.804. The third kappa shape index (κ3) is 4.22. The Bertz CT molecular complexity index is 995. The van der Waals surface area contributed by atoms with Gasteiger partial charge in [-0.05, 0) is 64.3 Å². The number of aliphatic hydroxyl groups excluding tert-OH is 1. The molecule has 0 bridgehead atoms. The SMILES string of the molecule is COc1ccc(C(O)=C2C(=O)C(=O)N(CCCN(C)C)[C@H]2c2ccc(C)o2)cc1Cl. The van der Waals surface area contributed by atoms with Crippen molar-refractivity contribution in [3.05, 3.63) is 58.0 Å². The average Bonchev–Trinajstić information content (AvgIpc) is 3.23. The second-order valence-corrected chi connectivity index (χ2v) is 7.85. The highest BCUT2D eigenvalue weighted by molar-refractivity contribution is 6.46. The summed E-state index contributed by atoms with van der Waals surface area (Å²) in [7, 11) is 5.36. The van der Waals surface area contributed by atoms with E-state index in [1.54, 1.807) is 31.2 Å². The number of carbonyl (C=O) groups excluding carboxylic acids is 2. The van der Waals surface area contributed by atoms with Crippen LogP contribution in [-0.2, 0) is 9.59 Å². The molecule has 0 spiro atoms. The van der Waals surface area contributed by atoms with Crippen LogP contribution in [0.25, 0.3) is 5.76 Å². The molecule has 0 saturated carbocycles. The monoisotopic (exact) mass is 432 g/mol. The molecule has 0 unspecified atom stereocenters. The Hall–Kier alpha value is -2.77. The van der Waals surface area contributed by atoms with Crippen molar-refractivity contribution in [1.29, 1.82) is 0 Å². The van der Waals surface area contributed by atoms with Crippen molar-refractivity contribution < 1.29 is 23.8 Å². The van der Waals surface area contributed by atoms with Gasteiger partial charge in [0.2, 0.25) is 0 Å². The molecule has 3 rings (SSSR count). The number of Topliss-reactive ketones (excluding diaryl/α,β-unsaturated/α-hetero) is 1. The molecule has 1 amide bonds. The molecule has 1 N–H and O–H groups in total. The first-order valence-corrected chi connectivity index (χ1v) is 9.95. The summed E-state index contributed by atoms with van der Waals surface area (Å²) in [6.07, 6.45) is 0.671. The van der Waals surface area contributed by atoms with E-state index < -0.39 is 17.7 Å². The molecule has 1 fully saturated rings. The molecule has 1 aromatic carbocycles. The first-order chi connectivity index (χ1) is 14.2. The van der Waals surface area contributed by atoms with Gasteiger partial charge >= 0.3 is 0 Å². The molecule has 1 aromatic heterocycles. The van der Waals surface area contributed by atoms with Crippen LogP contribution in [0.5, 0.6) is 5.75 Å². The standard InChI is InChI=1S/C22H25ClN2O5/c1-13-6-8-17(30-13)19-18(20(26)14-7-9-16(29-4)15(23)12-14)21(27)22(28)25(19)11-5-10-24(2)3/h6-9,12,19,26H,5,10-11H2,1-4H3/t19-/m0/s1. The second-order valence-electron chi connectivity index (χ2n) is 7.45. The fraction of sp³-hybridized carbons (Fsp3) is 0.364. The van der Waals surface area contributed by atoms with E-state index >= 15 is 0 Å². The molecule has 1 aliphatic heterocycles. The summed E-state index contributed by atoms with van der Waals surface area (Å²) in [6, 6.07) is 7.36. The van der Waals surface area contributed by atoms with Gasteiger partial charge in [-0.3, -0.25) is 9.59 Å². The van der Waals surface area contributed by atoms with Crippen molar-refractivity contribution in [2.24, 2.45) is 0 Å². The first kappa shape index (κ1) is 21.9. The van der Waals surface area contributed by atoms with E-state index in [0.717, 1.165) is 6.54 Å². The number of benzene rings is 1. The van der Waals surface area contributed by atoms with Crippen molar-refractivity contribution in [3.8, 4) is 5.75 Å². The highest BCUT2D eigenvalue weighted by Crippen LogP contribution is 2.40. The summed E-state index contributed by atoms with van der Waals surface area (Å²) in [6.45, 7) is 2.89. The van der Waals surface area contributed by atoms with Gasteiger partial charge < -0.3 is 24.1 Å². The van der Waals surface area contributed by atoms with Crippen LogP contribution in [0, 0.1) is 6.92 Å². The Morgan fingerprint density at radius 3 is 2.57 bits per heavy atom. The van der Waals surface area contributed by atoms with Gasteiger partial charge in [0.25, 0.3) is 11.7 Å². The molecule has 1 saturated heterocycles. The van der Waals surface area contributed by atoms with Crippen LogP contribution in [0.15, 0.2) is 40.3 Å². The Morgan fingerprint density at radius 1 is 1.27 bits per heavy atom. The largest absolute Gasteiger partial charge is 0.507 e. The topological polar surface area (TPSA) is 83.2 Å².